The van der Waals surface area contributed by atoms with Crippen molar-refractivity contribution < 1.29 is 84.8 Å². The Hall–Kier alpha value is 1.08. The molecule has 0 fully saturated rings. The van der Waals surface area contributed by atoms with E-state index >= 15 is 0 Å². The van der Waals surface area contributed by atoms with E-state index in [4.69, 9.17) is 15.4 Å². The number of unbranched alkanes of at least 4 members (excludes halogenated alkanes) is 2. The van der Waals surface area contributed by atoms with Crippen molar-refractivity contribution in [2.45, 2.75) is 57.2 Å². The maximum atomic E-state index is 11.0. The predicted molar refractivity (Wildman–Crippen MR) is 77.8 cm³/mol. The normalized spacial score (nSPS) is 11.9. The number of carboxylic acids is 1. The second kappa shape index (κ2) is 14.7. The molecule has 0 aromatic carbocycles. The van der Waals surface area contributed by atoms with Gasteiger partial charge in [0.2, 0.25) is 0 Å². The van der Waals surface area contributed by atoms with Crippen LogP contribution in [0.3, 0.4) is 0 Å². The summed E-state index contributed by atoms with van der Waals surface area (Å²) >= 11 is 0. The fraction of sp³-hybridized carbons (Fsp3) is 0.750. The number of hydrogen-bond acceptors (Lipinski definition) is 4. The minimum atomic E-state index is -4.06. The van der Waals surface area contributed by atoms with E-state index in [-0.39, 0.29) is 62.0 Å². The minimum Gasteiger partial charge on any atom is -1.00 e. The summed E-state index contributed by atoms with van der Waals surface area (Å²) < 4.78 is 29.7. The maximum absolute atomic E-state index is 11.0. The molecule has 118 valence electrons. The van der Waals surface area contributed by atoms with Gasteiger partial charge in [0.25, 0.3) is 10.1 Å². The molecule has 0 aliphatic heterocycles. The van der Waals surface area contributed by atoms with Gasteiger partial charge in [-0.1, -0.05) is 32.8 Å². The molecule has 0 aromatic rings. The Morgan fingerprint density at radius 3 is 2.00 bits per heavy atom. The standard InChI is InChI=1S/C9H21NO3S.C3H4O2.2Na.2H/c1-4-5-6-7-8(10)9(2,3)14(11,12)13;1-2-3(4)5;;;;/h8H,4-7,10H2,1-3H3,(H,11,12,13);2H,1H2,(H,4,5);;;;/q;;2*+1;2*-1. The summed E-state index contributed by atoms with van der Waals surface area (Å²) in [4.78, 5) is 9.25. The third-order valence-corrected chi connectivity index (χ3v) is 4.48. The fourth-order valence-electron chi connectivity index (χ4n) is 1.15. The molecule has 0 saturated heterocycles. The average Bonchev–Trinajstić information content (AvgIpc) is 2.28. The zero-order valence-corrected chi connectivity index (χ0v) is 18.6. The van der Waals surface area contributed by atoms with Crippen molar-refractivity contribution in [3.63, 3.8) is 0 Å². The number of nitrogens with two attached hydrogens (primary N) is 1. The zero-order chi connectivity index (χ0) is 15.7. The number of carbonyl (C=O) groups is 1. The Morgan fingerprint density at radius 1 is 1.38 bits per heavy atom. The van der Waals surface area contributed by atoms with Gasteiger partial charge in [-0.15, -0.1) is 0 Å². The van der Waals surface area contributed by atoms with Crippen LogP contribution in [0.4, 0.5) is 0 Å². The average molecular weight is 343 g/mol. The van der Waals surface area contributed by atoms with Gasteiger partial charge in [-0.25, -0.2) is 4.79 Å². The van der Waals surface area contributed by atoms with E-state index in [1.165, 1.54) is 13.8 Å². The van der Waals surface area contributed by atoms with E-state index in [1.807, 2.05) is 0 Å². The molecule has 6 nitrogen and oxygen atoms in total. The van der Waals surface area contributed by atoms with Crippen LogP contribution in [0.1, 0.15) is 49.3 Å². The van der Waals surface area contributed by atoms with Gasteiger partial charge in [0, 0.05) is 12.1 Å². The third kappa shape index (κ3) is 14.4. The van der Waals surface area contributed by atoms with Crippen molar-refractivity contribution in [2.24, 2.45) is 5.73 Å². The Balaban J connectivity index is -0.0000000708. The van der Waals surface area contributed by atoms with E-state index in [0.717, 1.165) is 25.3 Å². The Kier molecular flexibility index (Phi) is 21.0. The molecular weight excluding hydrogens is 316 g/mol. The van der Waals surface area contributed by atoms with E-state index in [0.29, 0.717) is 6.42 Å². The predicted octanol–water partition coefficient (Wildman–Crippen LogP) is -3.95. The summed E-state index contributed by atoms with van der Waals surface area (Å²) in [5, 5.41) is 7.60. The molecule has 0 aliphatic carbocycles. The summed E-state index contributed by atoms with van der Waals surface area (Å²) in [6.07, 6.45) is 4.46. The van der Waals surface area contributed by atoms with Crippen LogP contribution >= 0.6 is 0 Å². The Labute approximate surface area is 175 Å². The molecule has 0 radical (unpaired) electrons. The third-order valence-electron chi connectivity index (χ3n) is 2.85. The molecule has 0 amide bonds. The summed E-state index contributed by atoms with van der Waals surface area (Å²) in [5.41, 5.74) is 5.74. The molecule has 0 heterocycles. The molecule has 1 atom stereocenters. The van der Waals surface area contributed by atoms with Crippen LogP contribution in [-0.2, 0) is 14.9 Å². The summed E-state index contributed by atoms with van der Waals surface area (Å²) in [6.45, 7) is 7.94. The summed E-state index contributed by atoms with van der Waals surface area (Å²) in [6, 6.07) is -0.510. The van der Waals surface area contributed by atoms with E-state index in [1.54, 1.807) is 0 Å². The summed E-state index contributed by atoms with van der Waals surface area (Å²) in [5.74, 6) is -0.981. The molecule has 9 heteroatoms. The molecule has 1 unspecified atom stereocenters. The van der Waals surface area contributed by atoms with Crippen molar-refractivity contribution in [1.82, 2.24) is 0 Å². The van der Waals surface area contributed by atoms with Crippen molar-refractivity contribution in [3.05, 3.63) is 12.7 Å². The van der Waals surface area contributed by atoms with E-state index in [2.05, 4.69) is 13.5 Å². The zero-order valence-electron chi connectivity index (χ0n) is 15.8. The SMILES string of the molecule is C=CC(=O)O.CCCCCC(N)C(C)(C)S(=O)(=O)O.[H-].[H-].[Na+].[Na+]. The molecule has 0 spiro atoms. The molecular formula is C12H27NNa2O5S. The molecule has 0 rings (SSSR count). The first kappa shape index (κ1) is 30.0. The monoisotopic (exact) mass is 343 g/mol. The molecule has 0 saturated carbocycles. The first-order chi connectivity index (χ1) is 8.50. The van der Waals surface area contributed by atoms with Gasteiger partial charge in [-0.05, 0) is 20.3 Å². The maximum Gasteiger partial charge on any atom is 1.00 e. The largest absolute Gasteiger partial charge is 1.00 e. The van der Waals surface area contributed by atoms with Crippen molar-refractivity contribution >= 4 is 16.1 Å². The quantitative estimate of drug-likeness (QED) is 0.188. The first-order valence-corrected chi connectivity index (χ1v) is 7.52. The molecule has 0 bridgehead atoms. The number of hydrogen-bond donors (Lipinski definition) is 3. The second-order valence-corrected chi connectivity index (χ2v) is 6.73. The molecule has 0 aliphatic rings. The smallest absolute Gasteiger partial charge is 1.00 e. The van der Waals surface area contributed by atoms with Gasteiger partial charge in [-0.3, -0.25) is 4.55 Å². The number of aliphatic carboxylic acids is 1. The van der Waals surface area contributed by atoms with Gasteiger partial charge in [0.15, 0.2) is 0 Å². The van der Waals surface area contributed by atoms with Crippen molar-refractivity contribution in [3.8, 4) is 0 Å². The van der Waals surface area contributed by atoms with Gasteiger partial charge >= 0.3 is 65.1 Å². The van der Waals surface area contributed by atoms with Crippen LogP contribution in [0, 0.1) is 0 Å². The first-order valence-electron chi connectivity index (χ1n) is 6.08. The molecule has 0 aromatic heterocycles. The summed E-state index contributed by atoms with van der Waals surface area (Å²) in [7, 11) is -4.06. The molecule has 4 N–H and O–H groups in total. The van der Waals surface area contributed by atoms with Gasteiger partial charge in [0.1, 0.15) is 4.75 Å². The Bertz CT molecular complexity index is 395. The van der Waals surface area contributed by atoms with Crippen LogP contribution in [-0.4, -0.2) is 34.8 Å². The van der Waals surface area contributed by atoms with Crippen molar-refractivity contribution in [2.75, 3.05) is 0 Å². The van der Waals surface area contributed by atoms with Gasteiger partial charge in [0.05, 0.1) is 0 Å². The van der Waals surface area contributed by atoms with Crippen LogP contribution in [0.15, 0.2) is 12.7 Å². The minimum absolute atomic E-state index is 0. The number of rotatable bonds is 7. The van der Waals surface area contributed by atoms with E-state index < -0.39 is 26.9 Å². The molecule has 21 heavy (non-hydrogen) atoms. The Morgan fingerprint density at radius 2 is 1.76 bits per heavy atom. The topological polar surface area (TPSA) is 118 Å². The van der Waals surface area contributed by atoms with Gasteiger partial charge in [-0.2, -0.15) is 8.42 Å². The van der Waals surface area contributed by atoms with E-state index in [9.17, 15) is 13.2 Å². The van der Waals surface area contributed by atoms with Crippen LogP contribution in [0.25, 0.3) is 0 Å². The van der Waals surface area contributed by atoms with Crippen LogP contribution in [0.2, 0.25) is 0 Å². The number of carboxylic acid groups (broad SMARTS) is 1. The van der Waals surface area contributed by atoms with Crippen LogP contribution < -0.4 is 64.8 Å². The van der Waals surface area contributed by atoms with Gasteiger partial charge < -0.3 is 13.7 Å². The second-order valence-electron chi connectivity index (χ2n) is 4.72. The fourth-order valence-corrected chi connectivity index (χ4v) is 1.65. The van der Waals surface area contributed by atoms with Crippen molar-refractivity contribution in [1.29, 1.82) is 0 Å². The van der Waals surface area contributed by atoms with Crippen LogP contribution in [0.5, 0.6) is 0 Å².